The molecule has 0 fully saturated rings. The van der Waals surface area contributed by atoms with Crippen LogP contribution in [0.2, 0.25) is 0 Å². The molecule has 0 radical (unpaired) electrons. The highest BCUT2D eigenvalue weighted by atomic mass is 79.9. The smallest absolute Gasteiger partial charge is 0.149 e. The van der Waals surface area contributed by atoms with Crippen LogP contribution < -0.4 is 5.32 Å². The molecule has 0 unspecified atom stereocenters. The number of rotatable bonds is 6. The Hall–Kier alpha value is -0.680. The summed E-state index contributed by atoms with van der Waals surface area (Å²) in [4.78, 5) is 0. The van der Waals surface area contributed by atoms with Crippen LogP contribution in [0.25, 0.3) is 0 Å². The summed E-state index contributed by atoms with van der Waals surface area (Å²) in [5, 5.41) is 2.84. The second kappa shape index (κ2) is 6.81. The third kappa shape index (κ3) is 4.06. The van der Waals surface area contributed by atoms with Gasteiger partial charge in [-0.1, -0.05) is 6.92 Å². The van der Waals surface area contributed by atoms with E-state index < -0.39 is 11.6 Å². The van der Waals surface area contributed by atoms with Crippen LogP contribution in [0.5, 0.6) is 0 Å². The van der Waals surface area contributed by atoms with Gasteiger partial charge in [0.2, 0.25) is 0 Å². The Kier molecular flexibility index (Phi) is 5.69. The van der Waals surface area contributed by atoms with E-state index in [1.54, 1.807) is 0 Å². The van der Waals surface area contributed by atoms with Crippen LogP contribution in [0.4, 0.5) is 14.5 Å². The molecule has 0 aliphatic carbocycles. The number of halogens is 3. The van der Waals surface area contributed by atoms with E-state index in [2.05, 4.69) is 21.2 Å². The maximum atomic E-state index is 13.2. The first kappa shape index (κ1) is 13.4. The molecule has 90 valence electrons. The zero-order valence-corrected chi connectivity index (χ0v) is 10.6. The molecule has 0 aromatic heterocycles. The summed E-state index contributed by atoms with van der Waals surface area (Å²) < 4.78 is 31.6. The molecule has 0 saturated carbocycles. The summed E-state index contributed by atoms with van der Waals surface area (Å²) in [7, 11) is 0. The molecule has 16 heavy (non-hydrogen) atoms. The van der Waals surface area contributed by atoms with Crippen LogP contribution in [0.3, 0.4) is 0 Å². The largest absolute Gasteiger partial charge is 0.380 e. The van der Waals surface area contributed by atoms with Gasteiger partial charge < -0.3 is 10.1 Å². The first-order valence-electron chi connectivity index (χ1n) is 5.11. The van der Waals surface area contributed by atoms with Gasteiger partial charge in [-0.05, 0) is 28.4 Å². The average Bonchev–Trinajstić information content (AvgIpc) is 2.25. The first-order valence-corrected chi connectivity index (χ1v) is 5.90. The van der Waals surface area contributed by atoms with Crippen molar-refractivity contribution in [3.05, 3.63) is 28.2 Å². The van der Waals surface area contributed by atoms with E-state index in [1.165, 1.54) is 6.07 Å². The van der Waals surface area contributed by atoms with Crippen molar-refractivity contribution >= 4 is 21.6 Å². The lowest BCUT2D eigenvalue weighted by molar-refractivity contribution is 0.144. The van der Waals surface area contributed by atoms with Gasteiger partial charge in [-0.3, -0.25) is 0 Å². The van der Waals surface area contributed by atoms with Crippen LogP contribution in [-0.4, -0.2) is 19.8 Å². The summed E-state index contributed by atoms with van der Waals surface area (Å²) in [6.07, 6.45) is 0.955. The molecular formula is C11H14BrF2NO. The molecule has 5 heteroatoms. The second-order valence-electron chi connectivity index (χ2n) is 3.29. The SMILES string of the molecule is CCCOCCNc1cc(Br)c(F)cc1F. The molecular weight excluding hydrogens is 280 g/mol. The number of nitrogens with one attached hydrogen (secondary N) is 1. The molecule has 1 aromatic rings. The highest BCUT2D eigenvalue weighted by molar-refractivity contribution is 9.10. The minimum absolute atomic E-state index is 0.242. The van der Waals surface area contributed by atoms with Crippen molar-refractivity contribution in [2.45, 2.75) is 13.3 Å². The molecule has 0 aliphatic rings. The fourth-order valence-electron chi connectivity index (χ4n) is 1.16. The Bertz CT molecular complexity index is 347. The number of ether oxygens (including phenoxy) is 1. The zero-order chi connectivity index (χ0) is 12.0. The number of anilines is 1. The van der Waals surface area contributed by atoms with Gasteiger partial charge in [0.15, 0.2) is 0 Å². The fourth-order valence-corrected chi connectivity index (χ4v) is 1.51. The lowest BCUT2D eigenvalue weighted by atomic mass is 10.3. The predicted molar refractivity (Wildman–Crippen MR) is 63.7 cm³/mol. The van der Waals surface area contributed by atoms with E-state index in [-0.39, 0.29) is 10.2 Å². The molecule has 1 rings (SSSR count). The Balaban J connectivity index is 2.45. The Labute approximate surface area is 102 Å². The van der Waals surface area contributed by atoms with Crippen LogP contribution in [0, 0.1) is 11.6 Å². The van der Waals surface area contributed by atoms with Crippen LogP contribution >= 0.6 is 15.9 Å². The summed E-state index contributed by atoms with van der Waals surface area (Å²) in [5.41, 5.74) is 0.272. The summed E-state index contributed by atoms with van der Waals surface area (Å²) >= 11 is 3.00. The lowest BCUT2D eigenvalue weighted by Crippen LogP contribution is -2.11. The Morgan fingerprint density at radius 2 is 2.00 bits per heavy atom. The maximum absolute atomic E-state index is 13.2. The summed E-state index contributed by atoms with van der Waals surface area (Å²) in [5.74, 6) is -1.21. The standard InChI is InChI=1S/C11H14BrF2NO/c1-2-4-16-5-3-15-11-6-8(12)9(13)7-10(11)14/h6-7,15H,2-5H2,1H3. The number of benzene rings is 1. The molecule has 0 heterocycles. The van der Waals surface area contributed by atoms with Gasteiger partial charge in [0, 0.05) is 19.2 Å². The lowest BCUT2D eigenvalue weighted by Gasteiger charge is -2.08. The predicted octanol–water partition coefficient (Wildman–Crippen LogP) is 3.57. The third-order valence-electron chi connectivity index (χ3n) is 1.92. The Morgan fingerprint density at radius 3 is 2.69 bits per heavy atom. The van der Waals surface area contributed by atoms with Gasteiger partial charge in [0.05, 0.1) is 16.8 Å². The average molecular weight is 294 g/mol. The van der Waals surface area contributed by atoms with Crippen molar-refractivity contribution in [2.24, 2.45) is 0 Å². The van der Waals surface area contributed by atoms with Gasteiger partial charge in [0.1, 0.15) is 11.6 Å². The zero-order valence-electron chi connectivity index (χ0n) is 9.03. The van der Waals surface area contributed by atoms with E-state index in [4.69, 9.17) is 4.74 Å². The summed E-state index contributed by atoms with van der Waals surface area (Å²) in [6.45, 7) is 3.71. The minimum atomic E-state index is -0.606. The van der Waals surface area contributed by atoms with Crippen molar-refractivity contribution in [1.29, 1.82) is 0 Å². The first-order chi connectivity index (χ1) is 7.65. The van der Waals surface area contributed by atoms with Gasteiger partial charge in [0.25, 0.3) is 0 Å². The molecule has 1 N–H and O–H groups in total. The topological polar surface area (TPSA) is 21.3 Å². The maximum Gasteiger partial charge on any atom is 0.149 e. The fraction of sp³-hybridized carbons (Fsp3) is 0.455. The molecule has 0 amide bonds. The van der Waals surface area contributed by atoms with Crippen LogP contribution in [0.15, 0.2) is 16.6 Å². The highest BCUT2D eigenvalue weighted by Gasteiger charge is 2.07. The third-order valence-corrected chi connectivity index (χ3v) is 2.53. The van der Waals surface area contributed by atoms with E-state index in [0.717, 1.165) is 12.5 Å². The Morgan fingerprint density at radius 1 is 1.25 bits per heavy atom. The van der Waals surface area contributed by atoms with Crippen molar-refractivity contribution in [3.63, 3.8) is 0 Å². The van der Waals surface area contributed by atoms with Crippen molar-refractivity contribution < 1.29 is 13.5 Å². The van der Waals surface area contributed by atoms with E-state index in [0.29, 0.717) is 19.8 Å². The molecule has 0 spiro atoms. The number of hydrogen-bond acceptors (Lipinski definition) is 2. The molecule has 1 aromatic carbocycles. The van der Waals surface area contributed by atoms with E-state index in [9.17, 15) is 8.78 Å². The van der Waals surface area contributed by atoms with E-state index >= 15 is 0 Å². The second-order valence-corrected chi connectivity index (χ2v) is 4.14. The normalized spacial score (nSPS) is 10.5. The van der Waals surface area contributed by atoms with Crippen molar-refractivity contribution in [2.75, 3.05) is 25.1 Å². The van der Waals surface area contributed by atoms with Crippen molar-refractivity contribution in [3.8, 4) is 0 Å². The molecule has 0 bridgehead atoms. The van der Waals surface area contributed by atoms with Gasteiger partial charge >= 0.3 is 0 Å². The molecule has 0 aliphatic heterocycles. The highest BCUT2D eigenvalue weighted by Crippen LogP contribution is 2.23. The van der Waals surface area contributed by atoms with Gasteiger partial charge in [-0.2, -0.15) is 0 Å². The van der Waals surface area contributed by atoms with E-state index in [1.807, 2.05) is 6.92 Å². The summed E-state index contributed by atoms with van der Waals surface area (Å²) in [6, 6.07) is 2.23. The minimum Gasteiger partial charge on any atom is -0.380 e. The quantitative estimate of drug-likeness (QED) is 0.640. The van der Waals surface area contributed by atoms with Crippen LogP contribution in [-0.2, 0) is 4.74 Å². The number of hydrogen-bond donors (Lipinski definition) is 1. The monoisotopic (exact) mass is 293 g/mol. The molecule has 2 nitrogen and oxygen atoms in total. The van der Waals surface area contributed by atoms with Gasteiger partial charge in [-0.25, -0.2) is 8.78 Å². The van der Waals surface area contributed by atoms with Crippen molar-refractivity contribution in [1.82, 2.24) is 0 Å². The molecule has 0 atom stereocenters. The van der Waals surface area contributed by atoms with Gasteiger partial charge in [-0.15, -0.1) is 0 Å². The van der Waals surface area contributed by atoms with Crippen LogP contribution in [0.1, 0.15) is 13.3 Å². The molecule has 0 saturated heterocycles.